The smallest absolute Gasteiger partial charge is 0.253 e. The second kappa shape index (κ2) is 7.88. The van der Waals surface area contributed by atoms with Gasteiger partial charge in [-0.25, -0.2) is 0 Å². The van der Waals surface area contributed by atoms with Crippen molar-refractivity contribution in [1.82, 2.24) is 4.90 Å². The van der Waals surface area contributed by atoms with Crippen LogP contribution in [0.5, 0.6) is 0 Å². The summed E-state index contributed by atoms with van der Waals surface area (Å²) in [5.74, 6) is 0.174. The maximum Gasteiger partial charge on any atom is 0.253 e. The van der Waals surface area contributed by atoms with Crippen molar-refractivity contribution in [2.24, 2.45) is 0 Å². The molecule has 1 rings (SSSR count). The van der Waals surface area contributed by atoms with Gasteiger partial charge in [-0.2, -0.15) is 0 Å². The van der Waals surface area contributed by atoms with Gasteiger partial charge >= 0.3 is 0 Å². The molecule has 0 aromatic heterocycles. The third-order valence-electron chi connectivity index (χ3n) is 2.87. The number of hydrogen-bond acceptors (Lipinski definition) is 1. The Labute approximate surface area is 105 Å². The zero-order chi connectivity index (χ0) is 12.5. The third-order valence-corrected chi connectivity index (χ3v) is 2.87. The summed E-state index contributed by atoms with van der Waals surface area (Å²) in [6, 6.07) is 9.58. The van der Waals surface area contributed by atoms with E-state index < -0.39 is 0 Å². The summed E-state index contributed by atoms with van der Waals surface area (Å²) in [6.07, 6.45) is 4.43. The standard InChI is InChI=1S/C15H23NO/c1-3-5-12-16(13-6-4-2)15(17)14-10-8-7-9-11-14/h7-11H,3-6,12-13H2,1-2H3. The van der Waals surface area contributed by atoms with Crippen LogP contribution in [0, 0.1) is 0 Å². The van der Waals surface area contributed by atoms with E-state index in [0.29, 0.717) is 0 Å². The van der Waals surface area contributed by atoms with E-state index >= 15 is 0 Å². The summed E-state index contributed by atoms with van der Waals surface area (Å²) in [6.45, 7) is 6.07. The highest BCUT2D eigenvalue weighted by atomic mass is 16.2. The molecular weight excluding hydrogens is 210 g/mol. The predicted molar refractivity (Wildman–Crippen MR) is 72.2 cm³/mol. The molecule has 2 nitrogen and oxygen atoms in total. The molecule has 2 heteroatoms. The number of carbonyl (C=O) groups is 1. The lowest BCUT2D eigenvalue weighted by molar-refractivity contribution is 0.0751. The monoisotopic (exact) mass is 233 g/mol. The molecule has 1 aromatic carbocycles. The quantitative estimate of drug-likeness (QED) is 0.702. The second-order valence-corrected chi connectivity index (χ2v) is 4.37. The number of unbranched alkanes of at least 4 members (excludes halogenated alkanes) is 2. The first-order valence-corrected chi connectivity index (χ1v) is 6.64. The second-order valence-electron chi connectivity index (χ2n) is 4.37. The molecule has 0 atom stereocenters. The van der Waals surface area contributed by atoms with E-state index in [1.807, 2.05) is 35.2 Å². The molecule has 0 unspecified atom stereocenters. The summed E-state index contributed by atoms with van der Waals surface area (Å²) in [5.41, 5.74) is 0.805. The van der Waals surface area contributed by atoms with Crippen molar-refractivity contribution in [2.75, 3.05) is 13.1 Å². The molecular formula is C15H23NO. The molecule has 0 bridgehead atoms. The molecule has 1 amide bonds. The lowest BCUT2D eigenvalue weighted by Gasteiger charge is -2.22. The van der Waals surface area contributed by atoms with E-state index in [1.165, 1.54) is 0 Å². The zero-order valence-corrected chi connectivity index (χ0v) is 11.0. The van der Waals surface area contributed by atoms with Gasteiger partial charge in [0, 0.05) is 18.7 Å². The average molecular weight is 233 g/mol. The molecule has 0 saturated heterocycles. The van der Waals surface area contributed by atoms with Crippen LogP contribution >= 0.6 is 0 Å². The number of amides is 1. The van der Waals surface area contributed by atoms with Gasteiger partial charge in [0.1, 0.15) is 0 Å². The van der Waals surface area contributed by atoms with Crippen LogP contribution in [0.2, 0.25) is 0 Å². The van der Waals surface area contributed by atoms with Gasteiger partial charge in [0.25, 0.3) is 5.91 Å². The Hall–Kier alpha value is -1.31. The van der Waals surface area contributed by atoms with Crippen LogP contribution in [0.1, 0.15) is 49.9 Å². The van der Waals surface area contributed by atoms with Crippen molar-refractivity contribution in [1.29, 1.82) is 0 Å². The minimum absolute atomic E-state index is 0.174. The molecule has 0 radical (unpaired) electrons. The van der Waals surface area contributed by atoms with Crippen molar-refractivity contribution in [3.63, 3.8) is 0 Å². The Balaban J connectivity index is 2.64. The highest BCUT2D eigenvalue weighted by Crippen LogP contribution is 2.07. The summed E-state index contributed by atoms with van der Waals surface area (Å²) in [7, 11) is 0. The minimum Gasteiger partial charge on any atom is -0.339 e. The summed E-state index contributed by atoms with van der Waals surface area (Å²) >= 11 is 0. The fourth-order valence-corrected chi connectivity index (χ4v) is 1.78. The predicted octanol–water partition coefficient (Wildman–Crippen LogP) is 3.73. The minimum atomic E-state index is 0.174. The van der Waals surface area contributed by atoms with E-state index in [2.05, 4.69) is 13.8 Å². The van der Waals surface area contributed by atoms with Crippen molar-refractivity contribution >= 4 is 5.91 Å². The van der Waals surface area contributed by atoms with E-state index in [4.69, 9.17) is 0 Å². The van der Waals surface area contributed by atoms with Gasteiger partial charge in [0.15, 0.2) is 0 Å². The van der Waals surface area contributed by atoms with Crippen LogP contribution in [0.3, 0.4) is 0 Å². The van der Waals surface area contributed by atoms with Crippen LogP contribution in [-0.2, 0) is 0 Å². The lowest BCUT2D eigenvalue weighted by atomic mass is 10.1. The summed E-state index contributed by atoms with van der Waals surface area (Å²) in [5, 5.41) is 0. The van der Waals surface area contributed by atoms with Gasteiger partial charge in [-0.1, -0.05) is 44.9 Å². The Bertz CT molecular complexity index is 313. The first-order chi connectivity index (χ1) is 8.29. The average Bonchev–Trinajstić information content (AvgIpc) is 2.39. The molecule has 0 fully saturated rings. The Kier molecular flexibility index (Phi) is 6.38. The maximum absolute atomic E-state index is 12.3. The first kappa shape index (κ1) is 13.8. The summed E-state index contributed by atoms with van der Waals surface area (Å²) < 4.78 is 0. The fraction of sp³-hybridized carbons (Fsp3) is 0.533. The molecule has 0 saturated carbocycles. The molecule has 0 heterocycles. The number of nitrogens with zero attached hydrogens (tertiary/aromatic N) is 1. The lowest BCUT2D eigenvalue weighted by Crippen LogP contribution is -2.32. The normalized spacial score (nSPS) is 10.2. The SMILES string of the molecule is CCCCN(CCCC)C(=O)c1ccccc1. The fourth-order valence-electron chi connectivity index (χ4n) is 1.78. The van der Waals surface area contributed by atoms with E-state index in [0.717, 1.165) is 44.3 Å². The van der Waals surface area contributed by atoms with Gasteiger partial charge in [-0.15, -0.1) is 0 Å². The number of hydrogen-bond donors (Lipinski definition) is 0. The molecule has 17 heavy (non-hydrogen) atoms. The Morgan fingerprint density at radius 3 is 2.00 bits per heavy atom. The maximum atomic E-state index is 12.3. The molecule has 0 spiro atoms. The van der Waals surface area contributed by atoms with Crippen LogP contribution < -0.4 is 0 Å². The van der Waals surface area contributed by atoms with E-state index in [9.17, 15) is 4.79 Å². The third kappa shape index (κ3) is 4.59. The first-order valence-electron chi connectivity index (χ1n) is 6.64. The molecule has 0 aliphatic heterocycles. The van der Waals surface area contributed by atoms with Gasteiger partial charge in [-0.05, 0) is 25.0 Å². The van der Waals surface area contributed by atoms with Gasteiger partial charge in [-0.3, -0.25) is 4.79 Å². The molecule has 0 aliphatic rings. The molecule has 1 aromatic rings. The highest BCUT2D eigenvalue weighted by molar-refractivity contribution is 5.94. The van der Waals surface area contributed by atoms with Crippen LogP contribution in [0.25, 0.3) is 0 Å². The number of benzene rings is 1. The van der Waals surface area contributed by atoms with E-state index in [1.54, 1.807) is 0 Å². The Morgan fingerprint density at radius 1 is 1.00 bits per heavy atom. The van der Waals surface area contributed by atoms with Gasteiger partial charge in [0.05, 0.1) is 0 Å². The van der Waals surface area contributed by atoms with Crippen LogP contribution in [0.15, 0.2) is 30.3 Å². The van der Waals surface area contributed by atoms with Crippen LogP contribution in [0.4, 0.5) is 0 Å². The van der Waals surface area contributed by atoms with E-state index in [-0.39, 0.29) is 5.91 Å². The van der Waals surface area contributed by atoms with Crippen molar-refractivity contribution in [2.45, 2.75) is 39.5 Å². The molecule has 0 N–H and O–H groups in total. The largest absolute Gasteiger partial charge is 0.339 e. The number of carbonyl (C=O) groups excluding carboxylic acids is 1. The number of rotatable bonds is 7. The van der Waals surface area contributed by atoms with Crippen molar-refractivity contribution in [3.05, 3.63) is 35.9 Å². The topological polar surface area (TPSA) is 20.3 Å². The van der Waals surface area contributed by atoms with Gasteiger partial charge in [0.2, 0.25) is 0 Å². The Morgan fingerprint density at radius 2 is 1.53 bits per heavy atom. The van der Waals surface area contributed by atoms with Gasteiger partial charge < -0.3 is 4.90 Å². The highest BCUT2D eigenvalue weighted by Gasteiger charge is 2.13. The van der Waals surface area contributed by atoms with Crippen molar-refractivity contribution < 1.29 is 4.79 Å². The molecule has 0 aliphatic carbocycles. The van der Waals surface area contributed by atoms with Crippen LogP contribution in [-0.4, -0.2) is 23.9 Å². The zero-order valence-electron chi connectivity index (χ0n) is 11.0. The van der Waals surface area contributed by atoms with Crippen molar-refractivity contribution in [3.8, 4) is 0 Å². The molecule has 94 valence electrons. The summed E-state index contributed by atoms with van der Waals surface area (Å²) in [4.78, 5) is 14.3.